The van der Waals surface area contributed by atoms with Gasteiger partial charge in [-0.3, -0.25) is 0 Å². The van der Waals surface area contributed by atoms with E-state index in [1.165, 1.54) is 0 Å². The highest BCUT2D eigenvalue weighted by Crippen LogP contribution is 2.47. The van der Waals surface area contributed by atoms with Gasteiger partial charge in [0.2, 0.25) is 11.8 Å². The number of aromatic hydroxyl groups is 2. The summed E-state index contributed by atoms with van der Waals surface area (Å²) in [6, 6.07) is 0. The molecule has 0 amide bonds. The van der Waals surface area contributed by atoms with Crippen molar-refractivity contribution in [3.63, 3.8) is 0 Å². The number of alkyl halides is 3. The number of allylic oxidation sites excluding steroid dienone is 2. The van der Waals surface area contributed by atoms with Gasteiger partial charge in [0.05, 0.1) is 0 Å². The van der Waals surface area contributed by atoms with Crippen molar-refractivity contribution < 1.29 is 10.2 Å². The molecule has 2 rings (SSSR count). The molecule has 88 valence electrons. The van der Waals surface area contributed by atoms with Crippen molar-refractivity contribution in [3.8, 4) is 11.8 Å². The number of halogens is 3. The Hall–Kier alpha value is -0.160. The van der Waals surface area contributed by atoms with E-state index in [9.17, 15) is 10.2 Å². The van der Waals surface area contributed by atoms with Crippen LogP contribution in [0.15, 0.2) is 12.2 Å². The van der Waals surface area contributed by atoms with Gasteiger partial charge in [-0.15, -0.1) is 0 Å². The summed E-state index contributed by atoms with van der Waals surface area (Å²) in [5, 5.41) is 19.8. The smallest absolute Gasteiger partial charge is 0.256 e. The molecule has 0 spiro atoms. The lowest BCUT2D eigenvalue weighted by atomic mass is 10.0. The van der Waals surface area contributed by atoms with Gasteiger partial charge in [-0.1, -0.05) is 47.0 Å². The molecule has 1 aliphatic rings. The molecule has 0 atom stereocenters. The van der Waals surface area contributed by atoms with Gasteiger partial charge in [0, 0.05) is 23.1 Å². The molecule has 7 heteroatoms. The zero-order valence-corrected chi connectivity index (χ0v) is 11.0. The fraction of sp³-hybridized carbons (Fsp3) is 0.333. The van der Waals surface area contributed by atoms with Crippen molar-refractivity contribution in [3.05, 3.63) is 23.3 Å². The zero-order chi connectivity index (χ0) is 11.9. The lowest BCUT2D eigenvalue weighted by Gasteiger charge is -2.12. The molecule has 0 radical (unpaired) electrons. The Morgan fingerprint density at radius 2 is 1.50 bits per heavy atom. The number of nitrogens with zero attached hydrogens (tertiary/aromatic N) is 1. The molecule has 0 aromatic carbocycles. The summed E-state index contributed by atoms with van der Waals surface area (Å²) in [7, 11) is 0. The molecule has 0 fully saturated rings. The van der Waals surface area contributed by atoms with Crippen LogP contribution in [0.3, 0.4) is 0 Å². The molecular formula is C9H8Cl3NO2S. The van der Waals surface area contributed by atoms with Crippen LogP contribution < -0.4 is 0 Å². The van der Waals surface area contributed by atoms with Gasteiger partial charge in [0.1, 0.15) is 0 Å². The third kappa shape index (κ3) is 2.25. The van der Waals surface area contributed by atoms with Crippen molar-refractivity contribution in [1.82, 2.24) is 3.97 Å². The Bertz CT molecular complexity index is 419. The van der Waals surface area contributed by atoms with Crippen molar-refractivity contribution in [1.29, 1.82) is 0 Å². The zero-order valence-electron chi connectivity index (χ0n) is 7.95. The van der Waals surface area contributed by atoms with Crippen LogP contribution in [0.5, 0.6) is 11.8 Å². The van der Waals surface area contributed by atoms with Gasteiger partial charge in [0.25, 0.3) is 3.12 Å². The number of hydrogen-bond donors (Lipinski definition) is 2. The number of aromatic nitrogens is 1. The van der Waals surface area contributed by atoms with Crippen molar-refractivity contribution in [2.45, 2.75) is 16.0 Å². The molecule has 1 aromatic rings. The van der Waals surface area contributed by atoms with Crippen LogP contribution in [0.25, 0.3) is 0 Å². The van der Waals surface area contributed by atoms with Crippen molar-refractivity contribution >= 4 is 46.8 Å². The normalized spacial score (nSPS) is 15.2. The summed E-state index contributed by atoms with van der Waals surface area (Å²) < 4.78 is -0.491. The first-order chi connectivity index (χ1) is 7.40. The van der Waals surface area contributed by atoms with E-state index in [1.54, 1.807) is 0 Å². The van der Waals surface area contributed by atoms with Crippen LogP contribution in [-0.4, -0.2) is 17.3 Å². The first kappa shape index (κ1) is 12.3. The summed E-state index contributed by atoms with van der Waals surface area (Å²) in [5.74, 6) is -0.124. The summed E-state index contributed by atoms with van der Waals surface area (Å²) in [4.78, 5) is 0. The third-order valence-electron chi connectivity index (χ3n) is 2.29. The van der Waals surface area contributed by atoms with Gasteiger partial charge >= 0.3 is 0 Å². The van der Waals surface area contributed by atoms with Gasteiger partial charge in [-0.05, 0) is 12.8 Å². The molecule has 0 bridgehead atoms. The predicted octanol–water partition coefficient (Wildman–Crippen LogP) is 3.38. The molecule has 1 aromatic heterocycles. The topological polar surface area (TPSA) is 45.4 Å². The van der Waals surface area contributed by atoms with E-state index in [0.29, 0.717) is 24.0 Å². The van der Waals surface area contributed by atoms with E-state index in [-0.39, 0.29) is 11.8 Å². The van der Waals surface area contributed by atoms with E-state index in [1.807, 2.05) is 12.2 Å². The fourth-order valence-corrected chi connectivity index (χ4v) is 2.86. The summed E-state index contributed by atoms with van der Waals surface area (Å²) >= 11 is 17.6. The summed E-state index contributed by atoms with van der Waals surface area (Å²) in [6.45, 7) is 0. The van der Waals surface area contributed by atoms with Crippen LogP contribution in [0.4, 0.5) is 0 Å². The molecule has 16 heavy (non-hydrogen) atoms. The Balaban J connectivity index is 2.44. The second kappa shape index (κ2) is 4.26. The molecule has 0 saturated heterocycles. The standard InChI is InChI=1S/C9H8Cl3NO2S/c10-9(11,12)16-13-7(14)5-3-1-2-4-6(5)8(13)15/h1-2,14-15H,3-4H2. The first-order valence-electron chi connectivity index (χ1n) is 4.46. The Morgan fingerprint density at radius 3 is 1.88 bits per heavy atom. The van der Waals surface area contributed by atoms with Crippen molar-refractivity contribution in [2.75, 3.05) is 0 Å². The van der Waals surface area contributed by atoms with Crippen LogP contribution in [-0.2, 0) is 12.8 Å². The molecule has 1 heterocycles. The van der Waals surface area contributed by atoms with E-state index >= 15 is 0 Å². The second-order valence-electron chi connectivity index (χ2n) is 3.32. The van der Waals surface area contributed by atoms with Gasteiger partial charge in [-0.25, -0.2) is 3.97 Å². The highest BCUT2D eigenvalue weighted by molar-refractivity contribution is 8.03. The average Bonchev–Trinajstić information content (AvgIpc) is 2.43. The molecule has 1 aliphatic carbocycles. The second-order valence-corrected chi connectivity index (χ2v) is 7.43. The predicted molar refractivity (Wildman–Crippen MR) is 67.6 cm³/mol. The minimum Gasteiger partial charge on any atom is -0.494 e. The Labute approximate surface area is 112 Å². The maximum Gasteiger partial charge on any atom is 0.256 e. The quantitative estimate of drug-likeness (QED) is 0.617. The molecule has 0 unspecified atom stereocenters. The first-order valence-corrected chi connectivity index (χ1v) is 6.36. The van der Waals surface area contributed by atoms with Gasteiger partial charge in [0.15, 0.2) is 0 Å². The van der Waals surface area contributed by atoms with Crippen LogP contribution >= 0.6 is 46.8 Å². The van der Waals surface area contributed by atoms with E-state index in [4.69, 9.17) is 34.8 Å². The Kier molecular flexibility index (Phi) is 3.27. The van der Waals surface area contributed by atoms with Crippen molar-refractivity contribution in [2.24, 2.45) is 0 Å². The third-order valence-corrected chi connectivity index (χ3v) is 3.65. The van der Waals surface area contributed by atoms with E-state index in [2.05, 4.69) is 0 Å². The summed E-state index contributed by atoms with van der Waals surface area (Å²) in [5.41, 5.74) is 1.36. The summed E-state index contributed by atoms with van der Waals surface area (Å²) in [6.07, 6.45) is 4.99. The fourth-order valence-electron chi connectivity index (χ4n) is 1.64. The number of rotatable bonds is 1. The Morgan fingerprint density at radius 1 is 1.06 bits per heavy atom. The van der Waals surface area contributed by atoms with Crippen LogP contribution in [0.2, 0.25) is 0 Å². The minimum atomic E-state index is -1.63. The van der Waals surface area contributed by atoms with E-state index < -0.39 is 3.12 Å². The number of fused-ring (bicyclic) bond motifs is 1. The number of hydrogen-bond acceptors (Lipinski definition) is 3. The highest BCUT2D eigenvalue weighted by Gasteiger charge is 2.29. The van der Waals surface area contributed by atoms with Gasteiger partial charge < -0.3 is 10.2 Å². The maximum atomic E-state index is 9.89. The SMILES string of the molecule is Oc1c2c(c(O)n1SC(Cl)(Cl)Cl)CC=CC2. The van der Waals surface area contributed by atoms with Crippen LogP contribution in [0.1, 0.15) is 11.1 Å². The maximum absolute atomic E-state index is 9.89. The lowest BCUT2D eigenvalue weighted by molar-refractivity contribution is 0.413. The van der Waals surface area contributed by atoms with Gasteiger partial charge in [-0.2, -0.15) is 0 Å². The minimum absolute atomic E-state index is 0.0619. The molecule has 0 aliphatic heterocycles. The largest absolute Gasteiger partial charge is 0.494 e. The average molecular weight is 301 g/mol. The van der Waals surface area contributed by atoms with E-state index in [0.717, 1.165) is 15.9 Å². The monoisotopic (exact) mass is 299 g/mol. The highest BCUT2D eigenvalue weighted by atomic mass is 35.6. The lowest BCUT2D eigenvalue weighted by Crippen LogP contribution is -1.99. The molecule has 2 N–H and O–H groups in total. The molecular weight excluding hydrogens is 293 g/mol. The van der Waals surface area contributed by atoms with Crippen LogP contribution in [0, 0.1) is 0 Å². The molecule has 0 saturated carbocycles. The molecule has 3 nitrogen and oxygen atoms in total.